The van der Waals surface area contributed by atoms with Gasteiger partial charge in [0.25, 0.3) is 0 Å². The van der Waals surface area contributed by atoms with Crippen molar-refractivity contribution in [3.63, 3.8) is 0 Å². The molecule has 6 aliphatic carbocycles. The third-order valence-electron chi connectivity index (χ3n) is 14.0. The van der Waals surface area contributed by atoms with Gasteiger partial charge in [0.1, 0.15) is 12.2 Å². The predicted molar refractivity (Wildman–Crippen MR) is 220 cm³/mol. The summed E-state index contributed by atoms with van der Waals surface area (Å²) >= 11 is 0. The molecular formula is C46H60O19. The van der Waals surface area contributed by atoms with E-state index in [1.165, 1.54) is 20.8 Å². The molecule has 0 aromatic heterocycles. The number of carbonyl (C=O) groups excluding carboxylic acids is 8. The summed E-state index contributed by atoms with van der Waals surface area (Å²) in [5, 5.41) is 17.6. The maximum absolute atomic E-state index is 11.7. The first-order chi connectivity index (χ1) is 30.2. The average molecular weight is 917 g/mol. The van der Waals surface area contributed by atoms with E-state index in [-0.39, 0.29) is 95.9 Å². The van der Waals surface area contributed by atoms with Gasteiger partial charge in [-0.15, -0.1) is 0 Å². The van der Waals surface area contributed by atoms with E-state index in [4.69, 9.17) is 38.3 Å². The van der Waals surface area contributed by atoms with E-state index < -0.39 is 55.6 Å². The Morgan fingerprint density at radius 3 is 1.20 bits per heavy atom. The first-order valence-electron chi connectivity index (χ1n) is 21.5. The monoisotopic (exact) mass is 916 g/mol. The van der Waals surface area contributed by atoms with E-state index in [0.29, 0.717) is 55.3 Å². The minimum atomic E-state index is -1.17. The highest BCUT2D eigenvalue weighted by molar-refractivity contribution is 5.89. The Morgan fingerprint density at radius 2 is 0.846 bits per heavy atom. The summed E-state index contributed by atoms with van der Waals surface area (Å²) in [5.74, 6) is -2.16. The molecule has 19 nitrogen and oxygen atoms in total. The number of carbonyl (C=O) groups is 9. The SMILES string of the molecule is C.C=C(C)C(=O)OCC(=O)O.C=C(C)C(=O)OCC(=O)OC1CC2CC1C1C(=O)OCC21.C=C(C)C(=O)OCC(=O)OC1CC2CC1C1C(=O)OCC21.O=C1OCC2C3CC(O)C(C3)C12. The second-order valence-corrected chi connectivity index (χ2v) is 18.2. The first-order valence-corrected chi connectivity index (χ1v) is 21.5. The number of fused-ring (bicyclic) bond motifs is 15. The molecule has 0 aromatic rings. The van der Waals surface area contributed by atoms with E-state index in [1.807, 2.05) is 0 Å². The van der Waals surface area contributed by atoms with Gasteiger partial charge in [0.05, 0.1) is 43.7 Å². The second kappa shape index (κ2) is 21.1. The van der Waals surface area contributed by atoms with Gasteiger partial charge < -0.3 is 48.1 Å². The van der Waals surface area contributed by atoms with Crippen molar-refractivity contribution in [2.75, 3.05) is 39.6 Å². The number of cyclic esters (lactones) is 3. The molecule has 15 atom stereocenters. The third kappa shape index (κ3) is 11.3. The largest absolute Gasteiger partial charge is 0.479 e. The lowest BCUT2D eigenvalue weighted by molar-refractivity contribution is -0.164. The Bertz CT molecular complexity index is 1860. The van der Waals surface area contributed by atoms with Gasteiger partial charge in [-0.25, -0.2) is 28.8 Å². The van der Waals surface area contributed by atoms with Gasteiger partial charge in [-0.05, 0) is 83.0 Å². The van der Waals surface area contributed by atoms with E-state index in [2.05, 4.69) is 24.5 Å². The number of aliphatic hydroxyl groups is 1. The molecule has 0 radical (unpaired) electrons. The van der Waals surface area contributed by atoms with Crippen LogP contribution < -0.4 is 0 Å². The lowest BCUT2D eigenvalue weighted by Crippen LogP contribution is -2.36. The van der Waals surface area contributed by atoms with E-state index in [0.717, 1.165) is 38.5 Å². The van der Waals surface area contributed by atoms with Crippen LogP contribution in [0.1, 0.15) is 66.7 Å². The van der Waals surface area contributed by atoms with Gasteiger partial charge >= 0.3 is 53.7 Å². The number of carboxylic acids is 1. The zero-order valence-electron chi connectivity index (χ0n) is 36.1. The van der Waals surface area contributed by atoms with Crippen LogP contribution in [0.2, 0.25) is 0 Å². The molecule has 65 heavy (non-hydrogen) atoms. The predicted octanol–water partition coefficient (Wildman–Crippen LogP) is 2.70. The van der Waals surface area contributed by atoms with Crippen LogP contribution >= 0.6 is 0 Å². The van der Waals surface area contributed by atoms with Crippen molar-refractivity contribution in [3.05, 3.63) is 36.5 Å². The summed E-state index contributed by atoms with van der Waals surface area (Å²) in [4.78, 5) is 101. The number of esters is 8. The van der Waals surface area contributed by atoms with E-state index in [9.17, 15) is 48.3 Å². The number of rotatable bonds is 11. The fourth-order valence-corrected chi connectivity index (χ4v) is 11.3. The molecule has 19 heteroatoms. The molecule has 3 aliphatic heterocycles. The maximum atomic E-state index is 11.7. The van der Waals surface area contributed by atoms with Crippen LogP contribution in [-0.2, 0) is 81.0 Å². The van der Waals surface area contributed by atoms with Crippen molar-refractivity contribution in [3.8, 4) is 0 Å². The summed E-state index contributed by atoms with van der Waals surface area (Å²) < 4.78 is 39.7. The number of aliphatic carboxylic acids is 1. The van der Waals surface area contributed by atoms with Crippen molar-refractivity contribution in [2.24, 2.45) is 71.0 Å². The van der Waals surface area contributed by atoms with Crippen molar-refractivity contribution < 1.29 is 91.3 Å². The molecule has 358 valence electrons. The molecule has 9 fully saturated rings. The molecule has 0 spiro atoms. The number of aliphatic hydroxyl groups excluding tert-OH is 1. The molecular weight excluding hydrogens is 856 g/mol. The summed E-state index contributed by atoms with van der Waals surface area (Å²) in [6.45, 7) is 14.8. The van der Waals surface area contributed by atoms with Gasteiger partial charge in [0.2, 0.25) is 0 Å². The fraction of sp³-hybridized carbons (Fsp3) is 0.674. The zero-order chi connectivity index (χ0) is 46.7. The van der Waals surface area contributed by atoms with Crippen LogP contribution in [0.25, 0.3) is 0 Å². The number of ether oxygens (including phenoxy) is 8. The topological polar surface area (TPSA) is 268 Å². The van der Waals surface area contributed by atoms with Gasteiger partial charge in [-0.2, -0.15) is 0 Å². The number of hydrogen-bond acceptors (Lipinski definition) is 18. The molecule has 6 saturated carbocycles. The lowest BCUT2D eigenvalue weighted by Gasteiger charge is -2.28. The van der Waals surface area contributed by atoms with Crippen molar-refractivity contribution in [1.29, 1.82) is 0 Å². The average Bonchev–Trinajstić information content (AvgIpc) is 4.10. The van der Waals surface area contributed by atoms with Crippen LogP contribution in [0.4, 0.5) is 0 Å². The molecule has 9 rings (SSSR count). The third-order valence-corrected chi connectivity index (χ3v) is 14.0. The summed E-state index contributed by atoms with van der Waals surface area (Å²) in [5.41, 5.74) is 0.666. The minimum Gasteiger partial charge on any atom is -0.479 e. The molecule has 3 heterocycles. The molecule has 15 unspecified atom stereocenters. The quantitative estimate of drug-likeness (QED) is 0.171. The molecule has 3 saturated heterocycles. The van der Waals surface area contributed by atoms with Gasteiger partial charge in [0.15, 0.2) is 19.8 Å². The smallest absolute Gasteiger partial charge is 0.344 e. The highest BCUT2D eigenvalue weighted by atomic mass is 16.6. The van der Waals surface area contributed by atoms with Crippen LogP contribution in [-0.4, -0.2) is 122 Å². The summed E-state index contributed by atoms with van der Waals surface area (Å²) in [7, 11) is 0. The number of hydrogen-bond donors (Lipinski definition) is 2. The van der Waals surface area contributed by atoms with Crippen molar-refractivity contribution in [1.82, 2.24) is 0 Å². The van der Waals surface area contributed by atoms with Crippen LogP contribution in [0.5, 0.6) is 0 Å². The Balaban J connectivity index is 0.000000169. The minimum absolute atomic E-state index is 0. The zero-order valence-corrected chi connectivity index (χ0v) is 36.1. The van der Waals surface area contributed by atoms with E-state index >= 15 is 0 Å². The van der Waals surface area contributed by atoms with Crippen LogP contribution in [0.15, 0.2) is 36.5 Å². The molecule has 6 bridgehead atoms. The van der Waals surface area contributed by atoms with Crippen LogP contribution in [0.3, 0.4) is 0 Å². The number of carboxylic acid groups (broad SMARTS) is 1. The second-order valence-electron chi connectivity index (χ2n) is 18.2. The highest BCUT2D eigenvalue weighted by Crippen LogP contribution is 2.57. The molecule has 0 amide bonds. The van der Waals surface area contributed by atoms with E-state index in [1.54, 1.807) is 0 Å². The first kappa shape index (κ1) is 50.4. The van der Waals surface area contributed by atoms with Gasteiger partial charge in [0, 0.05) is 46.3 Å². The Kier molecular flexibility index (Phi) is 16.4. The molecule has 0 aromatic carbocycles. The Labute approximate surface area is 376 Å². The van der Waals surface area contributed by atoms with Gasteiger partial charge in [-0.3, -0.25) is 14.4 Å². The van der Waals surface area contributed by atoms with Gasteiger partial charge in [-0.1, -0.05) is 27.2 Å². The Morgan fingerprint density at radius 1 is 0.523 bits per heavy atom. The van der Waals surface area contributed by atoms with Crippen molar-refractivity contribution >= 4 is 53.7 Å². The maximum Gasteiger partial charge on any atom is 0.344 e. The summed E-state index contributed by atoms with van der Waals surface area (Å²) in [6.07, 6.45) is 4.53. The van der Waals surface area contributed by atoms with Crippen LogP contribution in [0, 0.1) is 71.0 Å². The Hall–Kier alpha value is -5.59. The normalized spacial score (nSPS) is 34.9. The standard InChI is InChI=1S/2C15H18O6.C9H12O3.C6H8O4.CH4/c2*1-7(2)14(17)20-6-12(16)21-11-4-8-3-9(11)13-10(8)5-19-15(13)18;10-7-2-4-1-5(7)8-6(4)3-12-9(8)11;1-4(2)6(9)10-3-5(7)8;/h2*8-11,13H,1,3-6H2,2H3;4-8,10H,1-3H2;1,3H2,2H3,(H,7,8);1H4. The lowest BCUT2D eigenvalue weighted by atomic mass is 9.80. The highest BCUT2D eigenvalue weighted by Gasteiger charge is 2.62. The molecule has 2 N–H and O–H groups in total. The summed E-state index contributed by atoms with van der Waals surface area (Å²) in [6, 6.07) is 0. The molecule has 9 aliphatic rings. The van der Waals surface area contributed by atoms with Crippen molar-refractivity contribution in [2.45, 2.75) is 85.0 Å². The fourth-order valence-electron chi connectivity index (χ4n) is 11.3.